The number of carbonyl (C=O) groups is 1. The molecule has 0 aliphatic carbocycles. The van der Waals surface area contributed by atoms with Crippen LogP contribution >= 0.6 is 0 Å². The van der Waals surface area contributed by atoms with Gasteiger partial charge in [-0.15, -0.1) is 0 Å². The lowest BCUT2D eigenvalue weighted by Crippen LogP contribution is -2.41. The third kappa shape index (κ3) is 4.29. The minimum atomic E-state index is -0.166. The lowest BCUT2D eigenvalue weighted by atomic mass is 10.1. The molecule has 22 heavy (non-hydrogen) atoms. The SMILES string of the molecule is CCCN(CCO)C(=O)NCc1cccc(-c2ncn[nH]2)c1. The molecule has 0 fully saturated rings. The maximum Gasteiger partial charge on any atom is 0.317 e. The van der Waals surface area contributed by atoms with Crippen molar-refractivity contribution in [1.29, 1.82) is 0 Å². The fourth-order valence-corrected chi connectivity index (χ4v) is 2.17. The van der Waals surface area contributed by atoms with E-state index in [1.54, 1.807) is 4.90 Å². The first-order valence-electron chi connectivity index (χ1n) is 7.33. The van der Waals surface area contributed by atoms with Crippen molar-refractivity contribution in [2.45, 2.75) is 19.9 Å². The number of carbonyl (C=O) groups excluding carboxylic acids is 1. The van der Waals surface area contributed by atoms with Gasteiger partial charge in [-0.2, -0.15) is 5.10 Å². The van der Waals surface area contributed by atoms with E-state index < -0.39 is 0 Å². The normalized spacial score (nSPS) is 10.5. The molecule has 0 atom stereocenters. The van der Waals surface area contributed by atoms with Gasteiger partial charge in [0.15, 0.2) is 5.82 Å². The highest BCUT2D eigenvalue weighted by atomic mass is 16.3. The third-order valence-electron chi connectivity index (χ3n) is 3.21. The Morgan fingerprint density at radius 1 is 1.41 bits per heavy atom. The number of hydrogen-bond acceptors (Lipinski definition) is 4. The van der Waals surface area contributed by atoms with Crippen LogP contribution < -0.4 is 5.32 Å². The van der Waals surface area contributed by atoms with Crippen LogP contribution in [0.4, 0.5) is 4.79 Å². The molecule has 7 heteroatoms. The number of hydrogen-bond donors (Lipinski definition) is 3. The van der Waals surface area contributed by atoms with Gasteiger partial charge in [0, 0.05) is 25.2 Å². The van der Waals surface area contributed by atoms with Crippen LogP contribution in [0.2, 0.25) is 0 Å². The largest absolute Gasteiger partial charge is 0.395 e. The van der Waals surface area contributed by atoms with Gasteiger partial charge in [0.05, 0.1) is 6.61 Å². The summed E-state index contributed by atoms with van der Waals surface area (Å²) in [6.45, 7) is 3.36. The summed E-state index contributed by atoms with van der Waals surface area (Å²) in [6.07, 6.45) is 2.32. The van der Waals surface area contributed by atoms with Crippen molar-refractivity contribution in [3.05, 3.63) is 36.2 Å². The number of rotatable bonds is 7. The number of aliphatic hydroxyl groups is 1. The van der Waals surface area contributed by atoms with Gasteiger partial charge in [-0.25, -0.2) is 9.78 Å². The van der Waals surface area contributed by atoms with Gasteiger partial charge in [-0.1, -0.05) is 25.1 Å². The predicted octanol–water partition coefficient (Wildman–Crippen LogP) is 1.39. The molecule has 0 unspecified atom stereocenters. The Labute approximate surface area is 129 Å². The molecule has 0 bridgehead atoms. The van der Waals surface area contributed by atoms with E-state index in [0.717, 1.165) is 17.5 Å². The fourth-order valence-electron chi connectivity index (χ4n) is 2.17. The topological polar surface area (TPSA) is 94.1 Å². The van der Waals surface area contributed by atoms with E-state index in [2.05, 4.69) is 20.5 Å². The number of urea groups is 1. The average molecular weight is 303 g/mol. The van der Waals surface area contributed by atoms with Crippen LogP contribution in [0.5, 0.6) is 0 Å². The van der Waals surface area contributed by atoms with Gasteiger partial charge in [0.25, 0.3) is 0 Å². The first kappa shape index (κ1) is 16.0. The number of nitrogens with zero attached hydrogens (tertiary/aromatic N) is 3. The Balaban J connectivity index is 1.96. The summed E-state index contributed by atoms with van der Waals surface area (Å²) in [5.41, 5.74) is 1.90. The number of aromatic nitrogens is 3. The van der Waals surface area contributed by atoms with Crippen molar-refractivity contribution in [1.82, 2.24) is 25.4 Å². The lowest BCUT2D eigenvalue weighted by Gasteiger charge is -2.21. The molecule has 118 valence electrons. The molecular weight excluding hydrogens is 282 g/mol. The van der Waals surface area contributed by atoms with Gasteiger partial charge in [-0.05, 0) is 18.1 Å². The van der Waals surface area contributed by atoms with Crippen LogP contribution in [0.3, 0.4) is 0 Å². The van der Waals surface area contributed by atoms with E-state index >= 15 is 0 Å². The second-order valence-corrected chi connectivity index (χ2v) is 4.90. The Kier molecular flexibility index (Phi) is 5.91. The van der Waals surface area contributed by atoms with Crippen molar-refractivity contribution < 1.29 is 9.90 Å². The van der Waals surface area contributed by atoms with Crippen molar-refractivity contribution in [3.8, 4) is 11.4 Å². The minimum Gasteiger partial charge on any atom is -0.395 e. The highest BCUT2D eigenvalue weighted by Gasteiger charge is 2.11. The van der Waals surface area contributed by atoms with Crippen molar-refractivity contribution >= 4 is 6.03 Å². The molecule has 0 saturated carbocycles. The molecule has 0 saturated heterocycles. The van der Waals surface area contributed by atoms with E-state index in [0.29, 0.717) is 25.5 Å². The molecule has 1 aromatic heterocycles. The van der Waals surface area contributed by atoms with Gasteiger partial charge < -0.3 is 15.3 Å². The predicted molar refractivity (Wildman–Crippen MR) is 83.0 cm³/mol. The monoisotopic (exact) mass is 303 g/mol. The smallest absolute Gasteiger partial charge is 0.317 e. The van der Waals surface area contributed by atoms with Gasteiger partial charge in [-0.3, -0.25) is 5.10 Å². The lowest BCUT2D eigenvalue weighted by molar-refractivity contribution is 0.177. The molecule has 1 heterocycles. The molecule has 2 amide bonds. The van der Waals surface area contributed by atoms with Crippen LogP contribution in [-0.2, 0) is 6.54 Å². The zero-order chi connectivity index (χ0) is 15.8. The summed E-state index contributed by atoms with van der Waals surface area (Å²) >= 11 is 0. The quantitative estimate of drug-likeness (QED) is 0.720. The second kappa shape index (κ2) is 8.14. The molecule has 0 aliphatic rings. The van der Waals surface area contributed by atoms with Crippen LogP contribution in [-0.4, -0.2) is 50.9 Å². The highest BCUT2D eigenvalue weighted by molar-refractivity contribution is 5.74. The molecule has 0 radical (unpaired) electrons. The number of H-pyrrole nitrogens is 1. The van der Waals surface area contributed by atoms with Crippen molar-refractivity contribution in [2.24, 2.45) is 0 Å². The Hall–Kier alpha value is -2.41. The van der Waals surface area contributed by atoms with Crippen molar-refractivity contribution in [2.75, 3.05) is 19.7 Å². The second-order valence-electron chi connectivity index (χ2n) is 4.90. The Bertz CT molecular complexity index is 579. The summed E-state index contributed by atoms with van der Waals surface area (Å²) < 4.78 is 0. The maximum atomic E-state index is 12.1. The molecule has 0 aliphatic heterocycles. The fraction of sp³-hybridized carbons (Fsp3) is 0.400. The van der Waals surface area contributed by atoms with E-state index in [-0.39, 0.29) is 12.6 Å². The molecule has 2 rings (SSSR count). The summed E-state index contributed by atoms with van der Waals surface area (Å²) in [6, 6.07) is 7.58. The number of benzene rings is 1. The average Bonchev–Trinajstić information content (AvgIpc) is 3.07. The minimum absolute atomic E-state index is 0.0333. The number of nitrogens with one attached hydrogen (secondary N) is 2. The summed E-state index contributed by atoms with van der Waals surface area (Å²) in [5, 5.41) is 18.5. The highest BCUT2D eigenvalue weighted by Crippen LogP contribution is 2.15. The van der Waals surface area contributed by atoms with Crippen LogP contribution in [0, 0.1) is 0 Å². The van der Waals surface area contributed by atoms with E-state index in [1.165, 1.54) is 6.33 Å². The molecule has 7 nitrogen and oxygen atoms in total. The maximum absolute atomic E-state index is 12.1. The van der Waals surface area contributed by atoms with Crippen LogP contribution in [0.15, 0.2) is 30.6 Å². The number of amides is 2. The summed E-state index contributed by atoms with van der Waals surface area (Å²) in [4.78, 5) is 17.8. The molecule has 2 aromatic rings. The van der Waals surface area contributed by atoms with Crippen molar-refractivity contribution in [3.63, 3.8) is 0 Å². The third-order valence-corrected chi connectivity index (χ3v) is 3.21. The first-order chi connectivity index (χ1) is 10.7. The van der Waals surface area contributed by atoms with E-state index in [4.69, 9.17) is 5.11 Å². The molecule has 0 spiro atoms. The van der Waals surface area contributed by atoms with Crippen LogP contribution in [0.25, 0.3) is 11.4 Å². The number of aromatic amines is 1. The zero-order valence-corrected chi connectivity index (χ0v) is 12.6. The van der Waals surface area contributed by atoms with Gasteiger partial charge >= 0.3 is 6.03 Å². The van der Waals surface area contributed by atoms with Gasteiger partial charge in [0.2, 0.25) is 0 Å². The first-order valence-corrected chi connectivity index (χ1v) is 7.33. The number of aliphatic hydroxyl groups excluding tert-OH is 1. The molecular formula is C15H21N5O2. The van der Waals surface area contributed by atoms with Gasteiger partial charge in [0.1, 0.15) is 6.33 Å². The van der Waals surface area contributed by atoms with E-state index in [9.17, 15) is 4.79 Å². The van der Waals surface area contributed by atoms with E-state index in [1.807, 2.05) is 31.2 Å². The van der Waals surface area contributed by atoms with Crippen LogP contribution in [0.1, 0.15) is 18.9 Å². The molecule has 3 N–H and O–H groups in total. The zero-order valence-electron chi connectivity index (χ0n) is 12.6. The summed E-state index contributed by atoms with van der Waals surface area (Å²) in [5.74, 6) is 0.695. The Morgan fingerprint density at radius 2 is 2.27 bits per heavy atom. The Morgan fingerprint density at radius 3 is 2.95 bits per heavy atom. The summed E-state index contributed by atoms with van der Waals surface area (Å²) in [7, 11) is 0. The molecule has 1 aromatic carbocycles. The standard InChI is InChI=1S/C15H21N5O2/c1-2-6-20(7-8-21)15(22)16-10-12-4-3-5-13(9-12)14-17-11-18-19-14/h3-5,9,11,21H,2,6-8,10H2,1H3,(H,16,22)(H,17,18,19).